The van der Waals surface area contributed by atoms with E-state index in [0.29, 0.717) is 12.8 Å². The van der Waals surface area contributed by atoms with Crippen molar-refractivity contribution in [1.82, 2.24) is 5.32 Å². The van der Waals surface area contributed by atoms with E-state index in [4.69, 9.17) is 14.2 Å². The number of rotatable bonds is 43. The maximum atomic E-state index is 13.3. The summed E-state index contributed by atoms with van der Waals surface area (Å²) in [7, 11) is 0. The molecule has 0 aromatic rings. The van der Waals surface area contributed by atoms with E-state index in [9.17, 15) is 35.1 Å². The first kappa shape index (κ1) is 59.9. The summed E-state index contributed by atoms with van der Waals surface area (Å²) in [6, 6.07) is -1.03. The van der Waals surface area contributed by atoms with Crippen molar-refractivity contribution >= 4 is 11.9 Å². The second-order valence-electron chi connectivity index (χ2n) is 18.2. The van der Waals surface area contributed by atoms with Crippen molar-refractivity contribution in [3.63, 3.8) is 0 Å². The Kier molecular flexibility index (Phi) is 39.5. The van der Waals surface area contributed by atoms with Crippen molar-refractivity contribution in [3.8, 4) is 0 Å². The number of aliphatic hydroxyl groups excluding tert-OH is 5. The molecule has 1 aliphatic rings. The Hall–Kier alpha value is -2.12. The second kappa shape index (κ2) is 42.2. The molecule has 0 radical (unpaired) electrons. The van der Waals surface area contributed by atoms with Crippen LogP contribution in [-0.2, 0) is 23.8 Å². The van der Waals surface area contributed by atoms with Gasteiger partial charge >= 0.3 is 5.97 Å². The van der Waals surface area contributed by atoms with Crippen LogP contribution in [0.25, 0.3) is 0 Å². The van der Waals surface area contributed by atoms with E-state index >= 15 is 0 Å². The van der Waals surface area contributed by atoms with Crippen molar-refractivity contribution < 1.29 is 49.3 Å². The Morgan fingerprint density at radius 3 is 1.56 bits per heavy atom. The van der Waals surface area contributed by atoms with Crippen molar-refractivity contribution in [1.29, 1.82) is 0 Å². The molecule has 1 saturated heterocycles. The lowest BCUT2D eigenvalue weighted by Crippen LogP contribution is -2.61. The minimum Gasteiger partial charge on any atom is -0.454 e. The van der Waals surface area contributed by atoms with Crippen LogP contribution in [0.15, 0.2) is 36.5 Å². The Balaban J connectivity index is 2.80. The van der Waals surface area contributed by atoms with E-state index in [-0.39, 0.29) is 19.4 Å². The van der Waals surface area contributed by atoms with Crippen LogP contribution in [0.4, 0.5) is 0 Å². The van der Waals surface area contributed by atoms with Crippen LogP contribution < -0.4 is 5.32 Å². The summed E-state index contributed by atoms with van der Waals surface area (Å²) >= 11 is 0. The smallest absolute Gasteiger partial charge is 0.306 e. The van der Waals surface area contributed by atoms with Gasteiger partial charge in [-0.3, -0.25) is 9.59 Å². The molecule has 1 aliphatic heterocycles. The van der Waals surface area contributed by atoms with Crippen molar-refractivity contribution in [2.75, 3.05) is 13.2 Å². The molecule has 0 saturated carbocycles. The van der Waals surface area contributed by atoms with Crippen LogP contribution in [0, 0.1) is 0 Å². The number of aliphatic hydroxyl groups is 5. The second-order valence-corrected chi connectivity index (χ2v) is 18.2. The van der Waals surface area contributed by atoms with Gasteiger partial charge in [-0.2, -0.15) is 0 Å². The Morgan fingerprint density at radius 1 is 0.594 bits per heavy atom. The number of esters is 1. The molecule has 64 heavy (non-hydrogen) atoms. The highest BCUT2D eigenvalue weighted by atomic mass is 16.7. The minimum absolute atomic E-state index is 0.112. The molecule has 6 N–H and O–H groups in total. The molecule has 11 heteroatoms. The van der Waals surface area contributed by atoms with Gasteiger partial charge in [0, 0.05) is 6.42 Å². The maximum Gasteiger partial charge on any atom is 0.306 e. The molecule has 1 fully saturated rings. The number of amides is 1. The molecular formula is C53H97NO10. The molecule has 0 spiro atoms. The van der Waals surface area contributed by atoms with Crippen molar-refractivity contribution in [2.45, 2.75) is 275 Å². The molecule has 8 unspecified atom stereocenters. The zero-order valence-electron chi connectivity index (χ0n) is 40.9. The number of hydrogen-bond donors (Lipinski definition) is 6. The van der Waals surface area contributed by atoms with E-state index in [1.807, 2.05) is 6.08 Å². The third kappa shape index (κ3) is 31.0. The zero-order chi connectivity index (χ0) is 46.9. The van der Waals surface area contributed by atoms with Gasteiger partial charge in [-0.1, -0.05) is 186 Å². The molecule has 1 amide bonds. The van der Waals surface area contributed by atoms with Crippen LogP contribution in [0.1, 0.15) is 226 Å². The monoisotopic (exact) mass is 908 g/mol. The summed E-state index contributed by atoms with van der Waals surface area (Å²) < 4.78 is 17.5. The van der Waals surface area contributed by atoms with Crippen molar-refractivity contribution in [3.05, 3.63) is 36.5 Å². The van der Waals surface area contributed by atoms with Crippen LogP contribution in [0.5, 0.6) is 0 Å². The fraction of sp³-hybridized carbons (Fsp3) is 0.849. The average molecular weight is 908 g/mol. The van der Waals surface area contributed by atoms with Gasteiger partial charge in [-0.05, 0) is 70.6 Å². The lowest BCUT2D eigenvalue weighted by molar-refractivity contribution is -0.305. The van der Waals surface area contributed by atoms with Crippen LogP contribution in [0.3, 0.4) is 0 Å². The maximum absolute atomic E-state index is 13.3. The highest BCUT2D eigenvalue weighted by molar-refractivity contribution is 5.80. The first-order chi connectivity index (χ1) is 31.2. The van der Waals surface area contributed by atoms with Gasteiger partial charge < -0.3 is 45.1 Å². The van der Waals surface area contributed by atoms with Crippen LogP contribution in [0.2, 0.25) is 0 Å². The predicted octanol–water partition coefficient (Wildman–Crippen LogP) is 10.8. The first-order valence-corrected chi connectivity index (χ1v) is 26.3. The molecule has 0 aromatic heterocycles. The first-order valence-electron chi connectivity index (χ1n) is 26.3. The molecular weight excluding hydrogens is 811 g/mol. The number of unbranched alkanes of at least 4 members (excludes halogenated alkanes) is 25. The zero-order valence-corrected chi connectivity index (χ0v) is 40.9. The Morgan fingerprint density at radius 2 is 1.05 bits per heavy atom. The summed E-state index contributed by atoms with van der Waals surface area (Å²) in [6.45, 7) is 5.69. The van der Waals surface area contributed by atoms with Gasteiger partial charge in [0.25, 0.3) is 0 Å². The quantitative estimate of drug-likeness (QED) is 0.0196. The van der Waals surface area contributed by atoms with Gasteiger partial charge in [-0.15, -0.1) is 0 Å². The largest absolute Gasteiger partial charge is 0.454 e. The van der Waals surface area contributed by atoms with E-state index in [1.165, 1.54) is 103 Å². The van der Waals surface area contributed by atoms with Crippen LogP contribution in [-0.4, -0.2) is 99.6 Å². The number of hydrogen-bond acceptors (Lipinski definition) is 10. The van der Waals surface area contributed by atoms with E-state index in [2.05, 4.69) is 50.4 Å². The lowest BCUT2D eigenvalue weighted by atomic mass is 9.99. The van der Waals surface area contributed by atoms with Gasteiger partial charge in [-0.25, -0.2) is 0 Å². The highest BCUT2D eigenvalue weighted by Gasteiger charge is 2.47. The molecule has 1 heterocycles. The fourth-order valence-corrected chi connectivity index (χ4v) is 7.98. The van der Waals surface area contributed by atoms with E-state index in [1.54, 1.807) is 6.08 Å². The number of carbonyl (C=O) groups is 2. The van der Waals surface area contributed by atoms with Crippen molar-refractivity contribution in [2.24, 2.45) is 0 Å². The Bertz CT molecular complexity index is 1180. The molecule has 11 nitrogen and oxygen atoms in total. The average Bonchev–Trinajstić information content (AvgIpc) is 3.29. The standard InChI is InChI=1S/C53H97NO10/c1-4-7-10-13-16-19-22-23-26-28-31-34-37-40-46(57)52(61)54-44(45(56)39-36-33-30-27-24-20-17-14-11-8-5-2)43-62-53-51(50(60)49(59)47(42-55)63-53)64-48(58)41-38-35-32-29-25-21-18-15-12-9-6-3/h15,18,26,28,36,39,44-47,49-51,53,55-57,59-60H,4-14,16-17,19-25,27,29-35,37-38,40-43H2,1-3H3,(H,54,61)/b18-15-,28-26-,39-36+. The summed E-state index contributed by atoms with van der Waals surface area (Å²) in [4.78, 5) is 26.3. The van der Waals surface area contributed by atoms with Gasteiger partial charge in [0.15, 0.2) is 12.4 Å². The minimum atomic E-state index is -1.61. The fourth-order valence-electron chi connectivity index (χ4n) is 7.98. The molecule has 374 valence electrons. The SMILES string of the molecule is CCCC/C=C\CCCCCCCC(=O)OC1C(OCC(NC(=O)C(O)CCCC/C=C\CCCCCCCCC)C(O)/C=C/CCCCCCCCCCC)OC(CO)C(O)C1O. The molecule has 1 rings (SSSR count). The molecule has 8 atom stereocenters. The lowest BCUT2D eigenvalue weighted by Gasteiger charge is -2.41. The predicted molar refractivity (Wildman–Crippen MR) is 260 cm³/mol. The number of carbonyl (C=O) groups excluding carboxylic acids is 2. The third-order valence-electron chi connectivity index (χ3n) is 12.3. The molecule has 0 aliphatic carbocycles. The summed E-state index contributed by atoms with van der Waals surface area (Å²) in [5.41, 5.74) is 0. The van der Waals surface area contributed by atoms with Crippen LogP contribution >= 0.6 is 0 Å². The summed E-state index contributed by atoms with van der Waals surface area (Å²) in [5, 5.41) is 56.5. The van der Waals surface area contributed by atoms with Gasteiger partial charge in [0.05, 0.1) is 25.4 Å². The van der Waals surface area contributed by atoms with E-state index in [0.717, 1.165) is 77.0 Å². The number of allylic oxidation sites excluding steroid dienone is 5. The van der Waals surface area contributed by atoms with E-state index < -0.39 is 67.4 Å². The number of nitrogens with one attached hydrogen (secondary N) is 1. The molecule has 0 aromatic carbocycles. The number of ether oxygens (including phenoxy) is 3. The van der Waals surface area contributed by atoms with Gasteiger partial charge in [0.1, 0.15) is 24.4 Å². The topological polar surface area (TPSA) is 175 Å². The highest BCUT2D eigenvalue weighted by Crippen LogP contribution is 2.26. The summed E-state index contributed by atoms with van der Waals surface area (Å²) in [5.74, 6) is -1.22. The molecule has 0 bridgehead atoms. The summed E-state index contributed by atoms with van der Waals surface area (Å²) in [6.07, 6.45) is 36.3. The third-order valence-corrected chi connectivity index (χ3v) is 12.3. The van der Waals surface area contributed by atoms with Gasteiger partial charge in [0.2, 0.25) is 5.91 Å². The normalized spacial score (nSPS) is 20.7. The Labute approximate surface area is 390 Å².